The number of para-hydroxylation sites is 1. The van der Waals surface area contributed by atoms with Crippen LogP contribution in [-0.2, 0) is 4.74 Å². The lowest BCUT2D eigenvalue weighted by Crippen LogP contribution is -2.47. The number of carbonyl (C=O) groups excluding carboxylic acids is 1. The SMILES string of the molecule is C[C@H](NC(=O)N(C)[C@H](C)c1nc2ccccc2s1)[C@H]1CCCO1. The average Bonchev–Trinajstić information content (AvgIpc) is 3.22. The number of rotatable bonds is 4. The van der Waals surface area contributed by atoms with Gasteiger partial charge in [-0.2, -0.15) is 0 Å². The van der Waals surface area contributed by atoms with E-state index in [0.717, 1.165) is 34.7 Å². The first kappa shape index (κ1) is 16.2. The summed E-state index contributed by atoms with van der Waals surface area (Å²) in [7, 11) is 1.81. The highest BCUT2D eigenvalue weighted by atomic mass is 32.1. The van der Waals surface area contributed by atoms with Crippen LogP contribution >= 0.6 is 11.3 Å². The molecule has 2 heterocycles. The largest absolute Gasteiger partial charge is 0.376 e. The second-order valence-electron chi connectivity index (χ2n) is 6.10. The van der Waals surface area contributed by atoms with Crippen molar-refractivity contribution in [2.45, 2.75) is 44.9 Å². The molecular weight excluding hydrogens is 310 g/mol. The highest BCUT2D eigenvalue weighted by Crippen LogP contribution is 2.28. The van der Waals surface area contributed by atoms with Gasteiger partial charge in [-0.05, 0) is 38.8 Å². The third-order valence-corrected chi connectivity index (χ3v) is 5.65. The van der Waals surface area contributed by atoms with Gasteiger partial charge in [-0.3, -0.25) is 0 Å². The number of urea groups is 1. The molecule has 0 saturated carbocycles. The summed E-state index contributed by atoms with van der Waals surface area (Å²) in [6.45, 7) is 4.81. The second kappa shape index (κ2) is 6.84. The van der Waals surface area contributed by atoms with Gasteiger partial charge in [0.1, 0.15) is 5.01 Å². The lowest BCUT2D eigenvalue weighted by Gasteiger charge is -2.27. The van der Waals surface area contributed by atoms with E-state index >= 15 is 0 Å². The lowest BCUT2D eigenvalue weighted by atomic mass is 10.1. The topological polar surface area (TPSA) is 54.5 Å². The number of carbonyl (C=O) groups is 1. The quantitative estimate of drug-likeness (QED) is 0.930. The zero-order chi connectivity index (χ0) is 16.4. The Bertz CT molecular complexity index is 648. The standard InChI is InChI=1S/C17H23N3O2S/c1-11(14-8-6-10-22-14)18-17(21)20(3)12(2)16-19-13-7-4-5-9-15(13)23-16/h4-5,7,9,11-12,14H,6,8,10H2,1-3H3,(H,18,21)/t11-,12+,14+/m0/s1. The number of ether oxygens (including phenoxy) is 1. The van der Waals surface area contributed by atoms with Gasteiger partial charge in [0.25, 0.3) is 0 Å². The van der Waals surface area contributed by atoms with Gasteiger partial charge in [0.2, 0.25) is 0 Å². The van der Waals surface area contributed by atoms with Crippen molar-refractivity contribution < 1.29 is 9.53 Å². The summed E-state index contributed by atoms with van der Waals surface area (Å²) < 4.78 is 6.79. The van der Waals surface area contributed by atoms with Gasteiger partial charge in [0.05, 0.1) is 28.4 Å². The van der Waals surface area contributed by atoms with E-state index in [2.05, 4.69) is 16.4 Å². The van der Waals surface area contributed by atoms with E-state index in [9.17, 15) is 4.79 Å². The van der Waals surface area contributed by atoms with Crippen LogP contribution in [0.5, 0.6) is 0 Å². The molecule has 1 N–H and O–H groups in total. The molecule has 1 saturated heterocycles. The predicted molar refractivity (Wildman–Crippen MR) is 92.8 cm³/mol. The Morgan fingerprint density at radius 2 is 2.22 bits per heavy atom. The van der Waals surface area contributed by atoms with E-state index in [1.54, 1.807) is 16.2 Å². The molecule has 1 aromatic carbocycles. The zero-order valence-electron chi connectivity index (χ0n) is 13.8. The van der Waals surface area contributed by atoms with Crippen LogP contribution in [-0.4, -0.2) is 41.7 Å². The van der Waals surface area contributed by atoms with E-state index in [1.807, 2.05) is 39.1 Å². The molecule has 23 heavy (non-hydrogen) atoms. The Balaban J connectivity index is 1.65. The van der Waals surface area contributed by atoms with E-state index in [1.165, 1.54) is 0 Å². The first-order valence-corrected chi connectivity index (χ1v) is 8.88. The number of fused-ring (bicyclic) bond motifs is 1. The normalized spacial score (nSPS) is 20.4. The fraction of sp³-hybridized carbons (Fsp3) is 0.529. The van der Waals surface area contributed by atoms with Gasteiger partial charge in [-0.15, -0.1) is 11.3 Å². The van der Waals surface area contributed by atoms with Crippen molar-refractivity contribution in [3.63, 3.8) is 0 Å². The molecule has 3 atom stereocenters. The van der Waals surface area contributed by atoms with Crippen LogP contribution in [0, 0.1) is 0 Å². The molecule has 0 spiro atoms. The highest BCUT2D eigenvalue weighted by molar-refractivity contribution is 7.18. The summed E-state index contributed by atoms with van der Waals surface area (Å²) in [6, 6.07) is 7.92. The molecule has 5 nitrogen and oxygen atoms in total. The monoisotopic (exact) mass is 333 g/mol. The Morgan fingerprint density at radius 1 is 1.43 bits per heavy atom. The molecule has 0 aliphatic carbocycles. The summed E-state index contributed by atoms with van der Waals surface area (Å²) in [5.74, 6) is 0. The maximum absolute atomic E-state index is 12.5. The van der Waals surface area contributed by atoms with E-state index in [-0.39, 0.29) is 24.2 Å². The van der Waals surface area contributed by atoms with E-state index in [4.69, 9.17) is 4.74 Å². The van der Waals surface area contributed by atoms with Crippen molar-refractivity contribution in [1.82, 2.24) is 15.2 Å². The van der Waals surface area contributed by atoms with Gasteiger partial charge in [-0.25, -0.2) is 9.78 Å². The Hall–Kier alpha value is -1.66. The molecule has 0 unspecified atom stereocenters. The number of hydrogen-bond acceptors (Lipinski definition) is 4. The van der Waals surface area contributed by atoms with Gasteiger partial charge in [-0.1, -0.05) is 12.1 Å². The number of nitrogens with zero attached hydrogens (tertiary/aromatic N) is 2. The molecule has 0 radical (unpaired) electrons. The van der Waals surface area contributed by atoms with Crippen LogP contribution in [0.25, 0.3) is 10.2 Å². The Morgan fingerprint density at radius 3 is 2.91 bits per heavy atom. The van der Waals surface area contributed by atoms with Crippen molar-refractivity contribution in [3.8, 4) is 0 Å². The minimum absolute atomic E-state index is 0.0232. The third-order valence-electron chi connectivity index (χ3n) is 4.44. The van der Waals surface area contributed by atoms with Crippen molar-refractivity contribution in [1.29, 1.82) is 0 Å². The maximum atomic E-state index is 12.5. The lowest BCUT2D eigenvalue weighted by molar-refractivity contribution is 0.0830. The molecule has 124 valence electrons. The fourth-order valence-electron chi connectivity index (χ4n) is 2.80. The van der Waals surface area contributed by atoms with Crippen LogP contribution in [0.15, 0.2) is 24.3 Å². The van der Waals surface area contributed by atoms with Crippen LogP contribution in [0.1, 0.15) is 37.7 Å². The number of hydrogen-bond donors (Lipinski definition) is 1. The van der Waals surface area contributed by atoms with Gasteiger partial charge >= 0.3 is 6.03 Å². The number of aromatic nitrogens is 1. The molecule has 1 aliphatic heterocycles. The summed E-state index contributed by atoms with van der Waals surface area (Å²) in [5, 5.41) is 4.00. The minimum Gasteiger partial charge on any atom is -0.376 e. The molecule has 2 amide bonds. The van der Waals surface area contributed by atoms with E-state index < -0.39 is 0 Å². The molecule has 1 aliphatic rings. The number of thiazole rings is 1. The van der Waals surface area contributed by atoms with E-state index in [0.29, 0.717) is 0 Å². The molecular formula is C17H23N3O2S. The smallest absolute Gasteiger partial charge is 0.318 e. The van der Waals surface area contributed by atoms with Crippen LogP contribution in [0.4, 0.5) is 4.79 Å². The molecule has 6 heteroatoms. The zero-order valence-corrected chi connectivity index (χ0v) is 14.6. The number of benzene rings is 1. The minimum atomic E-state index is -0.0836. The summed E-state index contributed by atoms with van der Waals surface area (Å²) >= 11 is 1.64. The Labute approximate surface area is 140 Å². The molecule has 1 fully saturated rings. The number of nitrogens with one attached hydrogen (secondary N) is 1. The predicted octanol–water partition coefficient (Wildman–Crippen LogP) is 3.57. The maximum Gasteiger partial charge on any atom is 0.318 e. The molecule has 0 bridgehead atoms. The summed E-state index contributed by atoms with van der Waals surface area (Å²) in [5.41, 5.74) is 0.987. The van der Waals surface area contributed by atoms with Crippen LogP contribution < -0.4 is 5.32 Å². The van der Waals surface area contributed by atoms with Crippen molar-refractivity contribution >= 4 is 27.6 Å². The number of amides is 2. The van der Waals surface area contributed by atoms with Crippen molar-refractivity contribution in [3.05, 3.63) is 29.3 Å². The third kappa shape index (κ3) is 3.48. The van der Waals surface area contributed by atoms with Crippen molar-refractivity contribution in [2.24, 2.45) is 0 Å². The summed E-state index contributed by atoms with van der Waals surface area (Å²) in [4.78, 5) is 18.8. The molecule has 1 aromatic heterocycles. The van der Waals surface area contributed by atoms with Crippen LogP contribution in [0.3, 0.4) is 0 Å². The Kier molecular flexibility index (Phi) is 4.82. The van der Waals surface area contributed by atoms with Gasteiger partial charge in [0.15, 0.2) is 0 Å². The van der Waals surface area contributed by atoms with Gasteiger partial charge in [0, 0.05) is 13.7 Å². The first-order chi connectivity index (χ1) is 11.1. The molecule has 3 rings (SSSR count). The van der Waals surface area contributed by atoms with Crippen LogP contribution in [0.2, 0.25) is 0 Å². The fourth-order valence-corrected chi connectivity index (χ4v) is 3.86. The first-order valence-electron chi connectivity index (χ1n) is 8.06. The van der Waals surface area contributed by atoms with Gasteiger partial charge < -0.3 is 15.0 Å². The van der Waals surface area contributed by atoms with Crippen molar-refractivity contribution in [2.75, 3.05) is 13.7 Å². The highest BCUT2D eigenvalue weighted by Gasteiger charge is 2.27. The second-order valence-corrected chi connectivity index (χ2v) is 7.16. The molecule has 2 aromatic rings. The summed E-state index contributed by atoms with van der Waals surface area (Å²) in [6.07, 6.45) is 2.21. The average molecular weight is 333 g/mol.